The highest BCUT2D eigenvalue weighted by Crippen LogP contribution is 2.31. The Hall–Kier alpha value is -2.11. The van der Waals surface area contributed by atoms with Gasteiger partial charge in [-0.15, -0.1) is 0 Å². The predicted molar refractivity (Wildman–Crippen MR) is 90.7 cm³/mol. The standard InChI is InChI=1S/C17H22N2O5S/c1-12-6-4-5-9-19(12)25(21,22)16-10-14(7-8-15(16)23-3)17(20)24-13(2)11-18/h7-8,10,12-13H,4-6,9H2,1-3H3/t12-,13+/m1/s1. The molecule has 1 aromatic carbocycles. The van der Waals surface area contributed by atoms with Gasteiger partial charge >= 0.3 is 5.97 Å². The van der Waals surface area contributed by atoms with Crippen molar-refractivity contribution in [2.75, 3.05) is 13.7 Å². The number of rotatable bonds is 5. The van der Waals surface area contributed by atoms with Crippen LogP contribution < -0.4 is 4.74 Å². The molecule has 8 heteroatoms. The summed E-state index contributed by atoms with van der Waals surface area (Å²) in [6.45, 7) is 3.75. The zero-order valence-corrected chi connectivity index (χ0v) is 15.4. The second kappa shape index (κ2) is 7.85. The molecular weight excluding hydrogens is 344 g/mol. The molecule has 0 aliphatic carbocycles. The molecule has 1 aliphatic rings. The maximum Gasteiger partial charge on any atom is 0.339 e. The molecule has 0 radical (unpaired) electrons. The minimum Gasteiger partial charge on any atom is -0.495 e. The summed E-state index contributed by atoms with van der Waals surface area (Å²) in [4.78, 5) is 12.0. The summed E-state index contributed by atoms with van der Waals surface area (Å²) < 4.78 is 37.7. The van der Waals surface area contributed by atoms with E-state index in [4.69, 9.17) is 14.7 Å². The molecule has 1 aliphatic heterocycles. The van der Waals surface area contributed by atoms with Crippen molar-refractivity contribution in [3.63, 3.8) is 0 Å². The lowest BCUT2D eigenvalue weighted by Gasteiger charge is -2.32. The number of carbonyl (C=O) groups excluding carboxylic acids is 1. The van der Waals surface area contributed by atoms with Crippen molar-refractivity contribution in [3.8, 4) is 11.8 Å². The van der Waals surface area contributed by atoms with Gasteiger partial charge in [-0.05, 0) is 44.9 Å². The number of sulfonamides is 1. The summed E-state index contributed by atoms with van der Waals surface area (Å²) >= 11 is 0. The van der Waals surface area contributed by atoms with Crippen LogP contribution in [0, 0.1) is 11.3 Å². The number of carbonyl (C=O) groups is 1. The van der Waals surface area contributed by atoms with Crippen LogP contribution in [0.2, 0.25) is 0 Å². The molecule has 136 valence electrons. The third kappa shape index (κ3) is 4.11. The van der Waals surface area contributed by atoms with Crippen LogP contribution >= 0.6 is 0 Å². The van der Waals surface area contributed by atoms with Crippen molar-refractivity contribution in [3.05, 3.63) is 23.8 Å². The number of nitrogens with zero attached hydrogens (tertiary/aromatic N) is 2. The monoisotopic (exact) mass is 366 g/mol. The number of nitriles is 1. The first kappa shape index (κ1) is 19.2. The van der Waals surface area contributed by atoms with Crippen molar-refractivity contribution in [2.24, 2.45) is 0 Å². The second-order valence-corrected chi connectivity index (χ2v) is 7.86. The Balaban J connectivity index is 2.43. The molecule has 2 rings (SSSR count). The first-order valence-electron chi connectivity index (χ1n) is 8.11. The van der Waals surface area contributed by atoms with Crippen molar-refractivity contribution < 1.29 is 22.7 Å². The molecule has 1 heterocycles. The smallest absolute Gasteiger partial charge is 0.339 e. The number of hydrogen-bond acceptors (Lipinski definition) is 6. The third-order valence-corrected chi connectivity index (χ3v) is 6.23. The maximum atomic E-state index is 13.1. The first-order chi connectivity index (χ1) is 11.8. The number of benzene rings is 1. The van der Waals surface area contributed by atoms with Crippen LogP contribution in [-0.4, -0.2) is 44.5 Å². The average molecular weight is 366 g/mol. The van der Waals surface area contributed by atoms with Gasteiger partial charge in [0.25, 0.3) is 0 Å². The number of esters is 1. The first-order valence-corrected chi connectivity index (χ1v) is 9.55. The fourth-order valence-electron chi connectivity index (χ4n) is 2.82. The van der Waals surface area contributed by atoms with Gasteiger partial charge in [-0.25, -0.2) is 13.2 Å². The van der Waals surface area contributed by atoms with E-state index in [2.05, 4.69) is 0 Å². The van der Waals surface area contributed by atoms with Crippen molar-refractivity contribution >= 4 is 16.0 Å². The topological polar surface area (TPSA) is 96.7 Å². The third-order valence-electron chi connectivity index (χ3n) is 4.19. The Labute approximate surface area is 148 Å². The van der Waals surface area contributed by atoms with Gasteiger partial charge in [0.15, 0.2) is 6.10 Å². The van der Waals surface area contributed by atoms with E-state index in [-0.39, 0.29) is 22.3 Å². The number of piperidine rings is 1. The Morgan fingerprint density at radius 3 is 2.72 bits per heavy atom. The van der Waals surface area contributed by atoms with E-state index in [9.17, 15) is 13.2 Å². The molecule has 0 bridgehead atoms. The summed E-state index contributed by atoms with van der Waals surface area (Å²) in [6.07, 6.45) is 1.66. The average Bonchev–Trinajstić information content (AvgIpc) is 2.61. The number of methoxy groups -OCH3 is 1. The number of ether oxygens (including phenoxy) is 2. The number of hydrogen-bond donors (Lipinski definition) is 0. The normalized spacial score (nSPS) is 19.7. The lowest BCUT2D eigenvalue weighted by Crippen LogP contribution is -2.42. The van der Waals surface area contributed by atoms with Crippen LogP contribution in [0.3, 0.4) is 0 Å². The van der Waals surface area contributed by atoms with Gasteiger partial charge in [-0.2, -0.15) is 9.57 Å². The Bertz CT molecular complexity index is 785. The van der Waals surface area contributed by atoms with E-state index in [0.717, 1.165) is 19.3 Å². The van der Waals surface area contributed by atoms with E-state index in [1.165, 1.54) is 36.5 Å². The Kier molecular flexibility index (Phi) is 6.03. The van der Waals surface area contributed by atoms with E-state index in [1.54, 1.807) is 6.07 Å². The Morgan fingerprint density at radius 2 is 2.12 bits per heavy atom. The molecule has 0 N–H and O–H groups in total. The highest BCUT2D eigenvalue weighted by molar-refractivity contribution is 7.89. The zero-order chi connectivity index (χ0) is 18.6. The van der Waals surface area contributed by atoms with E-state index < -0.39 is 22.1 Å². The molecular formula is C17H22N2O5S. The molecule has 7 nitrogen and oxygen atoms in total. The van der Waals surface area contributed by atoms with Gasteiger partial charge < -0.3 is 9.47 Å². The van der Waals surface area contributed by atoms with Crippen LogP contribution in [0.15, 0.2) is 23.1 Å². The van der Waals surface area contributed by atoms with Crippen LogP contribution in [0.1, 0.15) is 43.5 Å². The lowest BCUT2D eigenvalue weighted by molar-refractivity contribution is 0.0435. The van der Waals surface area contributed by atoms with Crippen molar-refractivity contribution in [2.45, 2.75) is 50.2 Å². The summed E-state index contributed by atoms with van der Waals surface area (Å²) in [5, 5.41) is 8.75. The highest BCUT2D eigenvalue weighted by atomic mass is 32.2. The molecule has 0 saturated carbocycles. The van der Waals surface area contributed by atoms with Gasteiger partial charge in [-0.3, -0.25) is 0 Å². The van der Waals surface area contributed by atoms with E-state index >= 15 is 0 Å². The molecule has 1 aromatic rings. The van der Waals surface area contributed by atoms with E-state index in [1.807, 2.05) is 6.92 Å². The molecule has 0 amide bonds. The van der Waals surface area contributed by atoms with Crippen LogP contribution in [-0.2, 0) is 14.8 Å². The van der Waals surface area contributed by atoms with Crippen LogP contribution in [0.4, 0.5) is 0 Å². The largest absolute Gasteiger partial charge is 0.495 e. The molecule has 0 unspecified atom stereocenters. The summed E-state index contributed by atoms with van der Waals surface area (Å²) in [7, 11) is -2.43. The molecule has 0 spiro atoms. The Morgan fingerprint density at radius 1 is 1.40 bits per heavy atom. The summed E-state index contributed by atoms with van der Waals surface area (Å²) in [5.74, 6) is -0.581. The van der Waals surface area contributed by atoms with Gasteiger partial charge in [0, 0.05) is 12.6 Å². The lowest BCUT2D eigenvalue weighted by atomic mass is 10.1. The molecule has 0 aromatic heterocycles. The van der Waals surface area contributed by atoms with Gasteiger partial charge in [-0.1, -0.05) is 6.42 Å². The molecule has 2 atom stereocenters. The van der Waals surface area contributed by atoms with Gasteiger partial charge in [0.2, 0.25) is 10.0 Å². The second-order valence-electron chi connectivity index (χ2n) is 6.00. The molecule has 1 fully saturated rings. The summed E-state index contributed by atoms with van der Waals surface area (Å²) in [5.41, 5.74) is 0.0612. The van der Waals surface area contributed by atoms with E-state index in [0.29, 0.717) is 6.54 Å². The SMILES string of the molecule is COc1ccc(C(=O)O[C@@H](C)C#N)cc1S(=O)(=O)N1CCCC[C@H]1C. The van der Waals surface area contributed by atoms with Gasteiger partial charge in [0.1, 0.15) is 16.7 Å². The molecule has 1 saturated heterocycles. The minimum absolute atomic E-state index is 0.0612. The van der Waals surface area contributed by atoms with Crippen molar-refractivity contribution in [1.29, 1.82) is 5.26 Å². The summed E-state index contributed by atoms with van der Waals surface area (Å²) in [6, 6.07) is 5.78. The van der Waals surface area contributed by atoms with Crippen molar-refractivity contribution in [1.82, 2.24) is 4.31 Å². The van der Waals surface area contributed by atoms with Crippen LogP contribution in [0.25, 0.3) is 0 Å². The predicted octanol–water partition coefficient (Wildman–Crippen LogP) is 2.33. The molecule has 25 heavy (non-hydrogen) atoms. The maximum absolute atomic E-state index is 13.1. The fourth-order valence-corrected chi connectivity index (χ4v) is 4.70. The highest BCUT2D eigenvalue weighted by Gasteiger charge is 2.33. The quantitative estimate of drug-likeness (QED) is 0.742. The van der Waals surface area contributed by atoms with Crippen LogP contribution in [0.5, 0.6) is 5.75 Å². The minimum atomic E-state index is -3.81. The van der Waals surface area contributed by atoms with Gasteiger partial charge in [0.05, 0.1) is 12.7 Å². The fraction of sp³-hybridized carbons (Fsp3) is 0.529. The zero-order valence-electron chi connectivity index (χ0n) is 14.6.